The number of unbranched alkanes of at least 4 members (excludes halogenated alkanes) is 6. The van der Waals surface area contributed by atoms with E-state index in [4.69, 9.17) is 11.1 Å². The molecule has 0 spiro atoms. The molecule has 0 unspecified atom stereocenters. The van der Waals surface area contributed by atoms with Crippen molar-refractivity contribution in [3.05, 3.63) is 40.5 Å². The lowest BCUT2D eigenvalue weighted by Crippen LogP contribution is -2.40. The third-order valence-corrected chi connectivity index (χ3v) is 6.30. The van der Waals surface area contributed by atoms with Crippen molar-refractivity contribution in [3.63, 3.8) is 0 Å². The summed E-state index contributed by atoms with van der Waals surface area (Å²) in [5.74, 6) is 0.810. The summed E-state index contributed by atoms with van der Waals surface area (Å²) < 4.78 is 0. The quantitative estimate of drug-likeness (QED) is 0.294. The highest BCUT2D eigenvalue weighted by Gasteiger charge is 2.15. The first kappa shape index (κ1) is 23.3. The van der Waals surface area contributed by atoms with E-state index in [1.165, 1.54) is 78.7 Å². The average molecular weight is 414 g/mol. The molecule has 2 aromatic heterocycles. The standard InChI is InChI=1S/C24H36N4S/c1-4-6-8-10-12-19-16-21(13-11-9-7-5-2)29-23(19)20-14-15-27-22(17-20)24(26)28-18(3)25/h14-17H,4-13H2,1-3H3,(H3,25,26,28)/p+1. The Labute approximate surface area is 180 Å². The highest BCUT2D eigenvalue weighted by atomic mass is 32.1. The van der Waals surface area contributed by atoms with Crippen LogP contribution in [0.5, 0.6) is 0 Å². The lowest BCUT2D eigenvalue weighted by molar-refractivity contribution is -0.114. The second-order valence-electron chi connectivity index (χ2n) is 7.76. The number of aromatic nitrogens is 1. The summed E-state index contributed by atoms with van der Waals surface area (Å²) in [4.78, 5) is 11.4. The molecule has 0 aliphatic heterocycles. The summed E-state index contributed by atoms with van der Waals surface area (Å²) in [7, 11) is 0. The summed E-state index contributed by atoms with van der Waals surface area (Å²) in [6.07, 6.45) is 14.4. The smallest absolute Gasteiger partial charge is 0.342 e. The maximum Gasteiger partial charge on any atom is 0.342 e. The second-order valence-corrected chi connectivity index (χ2v) is 8.89. The van der Waals surface area contributed by atoms with Crippen LogP contribution in [-0.4, -0.2) is 16.7 Å². The summed E-state index contributed by atoms with van der Waals surface area (Å²) in [5, 5.41) is 6.08. The number of amidine groups is 2. The second kappa shape index (κ2) is 12.5. The molecule has 158 valence electrons. The molecule has 2 aromatic rings. The SMILES string of the molecule is CCCCCCc1cc(CCCCCC)c(-c2ccnc(C(=[NH2+])N=C(C)N)c2)s1. The molecule has 0 bridgehead atoms. The molecule has 0 saturated heterocycles. The van der Waals surface area contributed by atoms with Gasteiger partial charge in [-0.3, -0.25) is 5.41 Å². The third kappa shape index (κ3) is 7.73. The van der Waals surface area contributed by atoms with E-state index in [1.54, 1.807) is 6.92 Å². The number of thiophene rings is 1. The van der Waals surface area contributed by atoms with Gasteiger partial charge in [-0.15, -0.1) is 11.3 Å². The van der Waals surface area contributed by atoms with Crippen LogP contribution in [0.4, 0.5) is 0 Å². The minimum atomic E-state index is 0.368. The Kier molecular flexibility index (Phi) is 10.1. The summed E-state index contributed by atoms with van der Waals surface area (Å²) in [5.41, 5.74) is 9.00. The molecule has 5 heteroatoms. The molecule has 0 saturated carbocycles. The van der Waals surface area contributed by atoms with Gasteiger partial charge in [0.1, 0.15) is 0 Å². The fourth-order valence-corrected chi connectivity index (χ4v) is 4.71. The van der Waals surface area contributed by atoms with Crippen molar-refractivity contribution in [2.75, 3.05) is 0 Å². The molecule has 2 rings (SSSR count). The van der Waals surface area contributed by atoms with Crippen molar-refractivity contribution in [2.24, 2.45) is 10.7 Å². The number of hydrogen-bond donors (Lipinski definition) is 2. The molecule has 4 N–H and O–H groups in total. The molecule has 29 heavy (non-hydrogen) atoms. The number of hydrogen-bond acceptors (Lipinski definition) is 2. The topological polar surface area (TPSA) is 76.9 Å². The van der Waals surface area contributed by atoms with Crippen molar-refractivity contribution >= 4 is 23.0 Å². The van der Waals surface area contributed by atoms with E-state index >= 15 is 0 Å². The normalized spacial score (nSPS) is 11.8. The van der Waals surface area contributed by atoms with Crippen molar-refractivity contribution < 1.29 is 5.41 Å². The highest BCUT2D eigenvalue weighted by molar-refractivity contribution is 7.15. The Morgan fingerprint density at radius 3 is 2.38 bits per heavy atom. The van der Waals surface area contributed by atoms with Gasteiger partial charge in [0.2, 0.25) is 5.84 Å². The molecule has 0 aliphatic carbocycles. The summed E-state index contributed by atoms with van der Waals surface area (Å²) >= 11 is 1.93. The minimum Gasteiger partial charge on any atom is -0.367 e. The molecular formula is C24H37N4S+. The van der Waals surface area contributed by atoms with Crippen LogP contribution in [-0.2, 0) is 12.8 Å². The number of nitrogens with zero attached hydrogens (tertiary/aromatic N) is 2. The van der Waals surface area contributed by atoms with E-state index in [1.807, 2.05) is 23.6 Å². The monoisotopic (exact) mass is 413 g/mol. The first-order chi connectivity index (χ1) is 14.0. The van der Waals surface area contributed by atoms with Gasteiger partial charge in [-0.25, -0.2) is 4.98 Å². The van der Waals surface area contributed by atoms with Crippen molar-refractivity contribution in [1.29, 1.82) is 0 Å². The van der Waals surface area contributed by atoms with Crippen molar-refractivity contribution in [2.45, 2.75) is 85.0 Å². The average Bonchev–Trinajstić information content (AvgIpc) is 3.11. The van der Waals surface area contributed by atoms with Gasteiger partial charge in [0, 0.05) is 22.9 Å². The predicted molar refractivity (Wildman–Crippen MR) is 127 cm³/mol. The Hall–Kier alpha value is -2.01. The number of aryl methyl sites for hydroxylation is 2. The van der Waals surface area contributed by atoms with Crippen LogP contribution < -0.4 is 11.1 Å². The zero-order chi connectivity index (χ0) is 21.1. The maximum absolute atomic E-state index is 6.08. The van der Waals surface area contributed by atoms with Crippen LogP contribution in [0.25, 0.3) is 10.4 Å². The van der Waals surface area contributed by atoms with Gasteiger partial charge in [-0.1, -0.05) is 52.4 Å². The maximum atomic E-state index is 6.08. The summed E-state index contributed by atoms with van der Waals surface area (Å²) in [6.45, 7) is 6.25. The van der Waals surface area contributed by atoms with Gasteiger partial charge in [0.25, 0.3) is 0 Å². The zero-order valence-electron chi connectivity index (χ0n) is 18.3. The molecular weight excluding hydrogens is 376 g/mol. The largest absolute Gasteiger partial charge is 0.367 e. The molecule has 0 atom stereocenters. The Morgan fingerprint density at radius 2 is 1.72 bits per heavy atom. The fourth-order valence-electron chi connectivity index (χ4n) is 3.47. The van der Waals surface area contributed by atoms with Crippen molar-refractivity contribution in [3.8, 4) is 10.4 Å². The van der Waals surface area contributed by atoms with Crippen LogP contribution in [0.1, 0.15) is 88.3 Å². The number of nitrogens with two attached hydrogens (primary N) is 2. The van der Waals surface area contributed by atoms with Gasteiger partial charge < -0.3 is 5.73 Å². The number of rotatable bonds is 12. The van der Waals surface area contributed by atoms with E-state index in [-0.39, 0.29) is 0 Å². The zero-order valence-corrected chi connectivity index (χ0v) is 19.2. The van der Waals surface area contributed by atoms with Crippen molar-refractivity contribution in [1.82, 2.24) is 4.98 Å². The number of aliphatic imine (C=N–C) groups is 1. The fraction of sp³-hybridized carbons (Fsp3) is 0.542. The third-order valence-electron chi connectivity index (χ3n) is 5.02. The van der Waals surface area contributed by atoms with Crippen LogP contribution >= 0.6 is 11.3 Å². The minimum absolute atomic E-state index is 0.368. The van der Waals surface area contributed by atoms with Gasteiger partial charge in [-0.05, 0) is 60.0 Å². The lowest BCUT2D eigenvalue weighted by Gasteiger charge is -2.05. The van der Waals surface area contributed by atoms with Crippen LogP contribution in [0, 0.1) is 0 Å². The predicted octanol–water partition coefficient (Wildman–Crippen LogP) is 4.94. The Morgan fingerprint density at radius 1 is 1.03 bits per heavy atom. The van der Waals surface area contributed by atoms with Crippen LogP contribution in [0.3, 0.4) is 0 Å². The van der Waals surface area contributed by atoms with Crippen LogP contribution in [0.15, 0.2) is 29.4 Å². The van der Waals surface area contributed by atoms with E-state index in [0.29, 0.717) is 17.4 Å². The van der Waals surface area contributed by atoms with E-state index < -0.39 is 0 Å². The Bertz CT molecular complexity index is 803. The van der Waals surface area contributed by atoms with Gasteiger partial charge in [0.15, 0.2) is 5.69 Å². The molecule has 0 radical (unpaired) electrons. The molecule has 0 aromatic carbocycles. The van der Waals surface area contributed by atoms with Gasteiger partial charge in [-0.2, -0.15) is 0 Å². The Balaban J connectivity index is 2.24. The molecule has 0 amide bonds. The first-order valence-electron chi connectivity index (χ1n) is 11.1. The van der Waals surface area contributed by atoms with E-state index in [0.717, 1.165) is 6.42 Å². The lowest BCUT2D eigenvalue weighted by atomic mass is 10.0. The van der Waals surface area contributed by atoms with Gasteiger partial charge in [0.05, 0.1) is 0 Å². The highest BCUT2D eigenvalue weighted by Crippen LogP contribution is 2.35. The van der Waals surface area contributed by atoms with E-state index in [9.17, 15) is 0 Å². The first-order valence-corrected chi connectivity index (χ1v) is 11.9. The molecule has 2 heterocycles. The number of pyridine rings is 1. The molecule has 0 aliphatic rings. The van der Waals surface area contributed by atoms with E-state index in [2.05, 4.69) is 36.0 Å². The summed E-state index contributed by atoms with van der Waals surface area (Å²) in [6, 6.07) is 6.56. The van der Waals surface area contributed by atoms with Crippen LogP contribution in [0.2, 0.25) is 0 Å². The molecule has 4 nitrogen and oxygen atoms in total. The molecule has 0 fully saturated rings. The van der Waals surface area contributed by atoms with Gasteiger partial charge >= 0.3 is 5.84 Å².